The number of halogens is 1. The Bertz CT molecular complexity index is 1340. The van der Waals surface area contributed by atoms with Crippen molar-refractivity contribution in [3.8, 4) is 11.4 Å². The number of rotatable bonds is 4. The van der Waals surface area contributed by atoms with Gasteiger partial charge in [-0.05, 0) is 74.1 Å². The van der Waals surface area contributed by atoms with Crippen LogP contribution in [0, 0.1) is 19.7 Å². The highest BCUT2D eigenvalue weighted by molar-refractivity contribution is 7.80. The highest BCUT2D eigenvalue weighted by Gasteiger charge is 2.43. The van der Waals surface area contributed by atoms with Gasteiger partial charge in [0, 0.05) is 17.6 Å². The molecule has 166 valence electrons. The molecule has 1 aliphatic rings. The van der Waals surface area contributed by atoms with Crippen molar-refractivity contribution >= 4 is 23.0 Å². The number of nitrogens with zero attached hydrogens (tertiary/aromatic N) is 3. The van der Waals surface area contributed by atoms with E-state index in [1.165, 1.54) is 6.07 Å². The molecule has 2 atom stereocenters. The van der Waals surface area contributed by atoms with Crippen LogP contribution < -0.4 is 10.2 Å². The minimum absolute atomic E-state index is 0.193. The molecule has 0 aliphatic carbocycles. The summed E-state index contributed by atoms with van der Waals surface area (Å²) in [6.07, 6.45) is 1.74. The summed E-state index contributed by atoms with van der Waals surface area (Å²) in [5, 5.41) is 14.3. The highest BCUT2D eigenvalue weighted by Crippen LogP contribution is 2.44. The van der Waals surface area contributed by atoms with Crippen molar-refractivity contribution in [3.63, 3.8) is 0 Å². The molecule has 0 amide bonds. The summed E-state index contributed by atoms with van der Waals surface area (Å²) in [4.78, 5) is 6.40. The monoisotopic (exact) mass is 458 g/mol. The van der Waals surface area contributed by atoms with Gasteiger partial charge in [-0.2, -0.15) is 0 Å². The third-order valence-electron chi connectivity index (χ3n) is 6.12. The number of phenols is 1. The van der Waals surface area contributed by atoms with Gasteiger partial charge in [-0.25, -0.2) is 4.39 Å². The van der Waals surface area contributed by atoms with Crippen LogP contribution in [0.25, 0.3) is 5.69 Å². The number of phenolic OH excluding ortho intramolecular Hbond substituents is 1. The second kappa shape index (κ2) is 8.33. The van der Waals surface area contributed by atoms with Crippen LogP contribution in [0.15, 0.2) is 79.0 Å². The molecule has 5 rings (SSSR count). The van der Waals surface area contributed by atoms with Crippen molar-refractivity contribution in [2.45, 2.75) is 25.9 Å². The van der Waals surface area contributed by atoms with E-state index < -0.39 is 0 Å². The Hall–Kier alpha value is -3.71. The molecule has 0 bridgehead atoms. The number of aryl methyl sites for hydroxylation is 1. The van der Waals surface area contributed by atoms with Crippen molar-refractivity contribution < 1.29 is 9.50 Å². The molecule has 1 aliphatic heterocycles. The summed E-state index contributed by atoms with van der Waals surface area (Å²) < 4.78 is 17.0. The van der Waals surface area contributed by atoms with Gasteiger partial charge in [0.1, 0.15) is 11.6 Å². The van der Waals surface area contributed by atoms with E-state index in [9.17, 15) is 9.50 Å². The summed E-state index contributed by atoms with van der Waals surface area (Å²) in [5.41, 5.74) is 4.78. The van der Waals surface area contributed by atoms with E-state index in [0.29, 0.717) is 16.5 Å². The second-order valence-corrected chi connectivity index (χ2v) is 8.49. The fraction of sp³-hybridized carbons (Fsp3) is 0.154. The molecule has 2 aromatic carbocycles. The van der Waals surface area contributed by atoms with E-state index in [1.807, 2.05) is 53.6 Å². The first-order valence-corrected chi connectivity index (χ1v) is 11.1. The van der Waals surface area contributed by atoms with E-state index >= 15 is 0 Å². The molecule has 3 heterocycles. The van der Waals surface area contributed by atoms with Crippen LogP contribution in [-0.4, -0.2) is 19.8 Å². The van der Waals surface area contributed by atoms with Gasteiger partial charge in [0.2, 0.25) is 0 Å². The van der Waals surface area contributed by atoms with Crippen molar-refractivity contribution in [1.82, 2.24) is 14.9 Å². The molecule has 1 fully saturated rings. The first-order chi connectivity index (χ1) is 16.0. The predicted octanol–water partition coefficient (Wildman–Crippen LogP) is 5.51. The molecular weight excluding hydrogens is 435 g/mol. The zero-order valence-electron chi connectivity index (χ0n) is 18.2. The van der Waals surface area contributed by atoms with Crippen LogP contribution in [-0.2, 0) is 0 Å². The number of aromatic nitrogens is 2. The molecule has 2 aromatic heterocycles. The molecular formula is C26H23FN4OS. The quantitative estimate of drug-likeness (QED) is 0.395. The van der Waals surface area contributed by atoms with E-state index in [-0.39, 0.29) is 23.7 Å². The number of para-hydroxylation sites is 3. The van der Waals surface area contributed by atoms with E-state index in [1.54, 1.807) is 36.5 Å². The number of benzene rings is 2. The number of pyridine rings is 1. The Morgan fingerprint density at radius 1 is 0.970 bits per heavy atom. The van der Waals surface area contributed by atoms with E-state index in [0.717, 1.165) is 22.6 Å². The zero-order valence-corrected chi connectivity index (χ0v) is 19.1. The molecule has 2 unspecified atom stereocenters. The standard InChI is InChI=1S/C26H23FN4OS/c1-16-15-18(17(2)30(16)22-12-5-6-13-23(22)32)25-24(20-10-7-8-14-28-20)29-26(33)31(25)21-11-4-3-9-19(21)27/h3-15,24-25,32H,1-2H3,(H,29,33). The topological polar surface area (TPSA) is 53.3 Å². The zero-order chi connectivity index (χ0) is 23.1. The predicted molar refractivity (Wildman–Crippen MR) is 131 cm³/mol. The van der Waals surface area contributed by atoms with Gasteiger partial charge in [0.05, 0.1) is 29.2 Å². The second-order valence-electron chi connectivity index (χ2n) is 8.10. The van der Waals surface area contributed by atoms with Crippen LogP contribution in [0.4, 0.5) is 10.1 Å². The molecule has 7 heteroatoms. The Balaban J connectivity index is 1.71. The highest BCUT2D eigenvalue weighted by atomic mass is 32.1. The maximum Gasteiger partial charge on any atom is 0.174 e. The van der Waals surface area contributed by atoms with Crippen molar-refractivity contribution in [1.29, 1.82) is 0 Å². The largest absolute Gasteiger partial charge is 0.506 e. The number of thiocarbonyl (C=S) groups is 1. The fourth-order valence-corrected chi connectivity index (χ4v) is 5.03. The maximum atomic E-state index is 15.0. The average Bonchev–Trinajstić information content (AvgIpc) is 3.30. The van der Waals surface area contributed by atoms with Crippen LogP contribution in [0.3, 0.4) is 0 Å². The summed E-state index contributed by atoms with van der Waals surface area (Å²) in [5.74, 6) is -0.152. The summed E-state index contributed by atoms with van der Waals surface area (Å²) in [6, 6.07) is 21.1. The van der Waals surface area contributed by atoms with Crippen LogP contribution >= 0.6 is 12.2 Å². The first-order valence-electron chi connectivity index (χ1n) is 10.7. The Morgan fingerprint density at radius 2 is 1.67 bits per heavy atom. The Kier molecular flexibility index (Phi) is 5.34. The number of anilines is 1. The summed E-state index contributed by atoms with van der Waals surface area (Å²) in [7, 11) is 0. The van der Waals surface area contributed by atoms with Crippen LogP contribution in [0.5, 0.6) is 5.75 Å². The molecule has 1 saturated heterocycles. The van der Waals surface area contributed by atoms with Crippen LogP contribution in [0.1, 0.15) is 34.7 Å². The number of aromatic hydroxyl groups is 1. The lowest BCUT2D eigenvalue weighted by atomic mass is 9.96. The number of nitrogens with one attached hydrogen (secondary N) is 1. The minimum Gasteiger partial charge on any atom is -0.506 e. The molecule has 0 spiro atoms. The molecule has 0 saturated carbocycles. The normalized spacial score (nSPS) is 17.9. The SMILES string of the molecule is Cc1cc(C2C(c3ccccn3)NC(=S)N2c2ccccc2F)c(C)n1-c1ccccc1O. The molecule has 33 heavy (non-hydrogen) atoms. The average molecular weight is 459 g/mol. The van der Waals surface area contributed by atoms with Gasteiger partial charge in [0.15, 0.2) is 5.11 Å². The van der Waals surface area contributed by atoms with Gasteiger partial charge >= 0.3 is 0 Å². The van der Waals surface area contributed by atoms with Crippen LogP contribution in [0.2, 0.25) is 0 Å². The number of hydrogen-bond donors (Lipinski definition) is 2. The lowest BCUT2D eigenvalue weighted by molar-refractivity contribution is 0.471. The number of hydrogen-bond acceptors (Lipinski definition) is 3. The van der Waals surface area contributed by atoms with Gasteiger partial charge in [-0.3, -0.25) is 4.98 Å². The lowest BCUT2D eigenvalue weighted by Gasteiger charge is -2.28. The van der Waals surface area contributed by atoms with E-state index in [2.05, 4.69) is 16.4 Å². The fourth-order valence-electron chi connectivity index (χ4n) is 4.69. The maximum absolute atomic E-state index is 15.0. The molecule has 5 nitrogen and oxygen atoms in total. The smallest absolute Gasteiger partial charge is 0.174 e. The summed E-state index contributed by atoms with van der Waals surface area (Å²) >= 11 is 5.71. The van der Waals surface area contributed by atoms with Gasteiger partial charge < -0.3 is 19.9 Å². The van der Waals surface area contributed by atoms with Gasteiger partial charge in [-0.1, -0.05) is 30.3 Å². The third-order valence-corrected chi connectivity index (χ3v) is 6.44. The van der Waals surface area contributed by atoms with Crippen molar-refractivity contribution in [2.24, 2.45) is 0 Å². The van der Waals surface area contributed by atoms with Gasteiger partial charge in [0.25, 0.3) is 0 Å². The Morgan fingerprint density at radius 3 is 2.36 bits per heavy atom. The lowest BCUT2D eigenvalue weighted by Crippen LogP contribution is -2.30. The minimum atomic E-state index is -0.345. The molecule has 2 N–H and O–H groups in total. The first kappa shape index (κ1) is 21.2. The van der Waals surface area contributed by atoms with Gasteiger partial charge in [-0.15, -0.1) is 0 Å². The summed E-state index contributed by atoms with van der Waals surface area (Å²) in [6.45, 7) is 4.00. The third kappa shape index (κ3) is 3.54. The van der Waals surface area contributed by atoms with E-state index in [4.69, 9.17) is 12.2 Å². The van der Waals surface area contributed by atoms with Crippen molar-refractivity contribution in [3.05, 3.63) is 107 Å². The molecule has 0 radical (unpaired) electrons. The van der Waals surface area contributed by atoms with Crippen molar-refractivity contribution in [2.75, 3.05) is 4.90 Å². The Labute approximate surface area is 197 Å². The molecule has 4 aromatic rings.